The van der Waals surface area contributed by atoms with Crippen molar-refractivity contribution in [1.29, 1.82) is 0 Å². The zero-order valence-electron chi connectivity index (χ0n) is 28.0. The number of rotatable bonds is 5. The Morgan fingerprint density at radius 3 is 1.62 bits per heavy atom. The summed E-state index contributed by atoms with van der Waals surface area (Å²) >= 11 is 0. The zero-order valence-corrected chi connectivity index (χ0v) is 28.0. The smallest absolute Gasteiger partial charge is 0.220 e. The Hall–Kier alpha value is -7.18. The summed E-state index contributed by atoms with van der Waals surface area (Å²) in [5, 5.41) is 0. The molecule has 0 spiro atoms. The standard InChI is InChI=1S/C46H30N6/c1-3-15-31(16-4-1)33-19-13-20-34(29-33)44-48-43(32-17-5-2-6-18-32)49-45(50-44)35-21-14-22-36(30-35)51-40-26-10-7-23-37(40)38-24-8-11-27-41(38)52-42-28-12-9-25-39(42)47-46(51)52/h1-30H. The summed E-state index contributed by atoms with van der Waals surface area (Å²) in [5.41, 5.74) is 12.3. The Morgan fingerprint density at radius 1 is 0.346 bits per heavy atom. The second kappa shape index (κ2) is 12.3. The average Bonchev–Trinajstić information content (AvgIpc) is 3.55. The first-order chi connectivity index (χ1) is 25.8. The molecule has 7 aromatic carbocycles. The third-order valence-corrected chi connectivity index (χ3v) is 9.58. The molecule has 3 heterocycles. The molecule has 0 saturated carbocycles. The van der Waals surface area contributed by atoms with E-state index in [4.69, 9.17) is 19.9 Å². The van der Waals surface area contributed by atoms with E-state index in [0.717, 1.165) is 73.0 Å². The van der Waals surface area contributed by atoms with Crippen LogP contribution in [0.2, 0.25) is 0 Å². The Kier molecular flexibility index (Phi) is 7.03. The predicted octanol–water partition coefficient (Wildman–Crippen LogP) is 11.3. The van der Waals surface area contributed by atoms with E-state index >= 15 is 0 Å². The van der Waals surface area contributed by atoms with E-state index in [2.05, 4.69) is 149 Å². The van der Waals surface area contributed by atoms with Gasteiger partial charge in [-0.05, 0) is 53.6 Å². The summed E-state index contributed by atoms with van der Waals surface area (Å²) in [6.07, 6.45) is 0. The van der Waals surface area contributed by atoms with Gasteiger partial charge < -0.3 is 0 Å². The second-order valence-electron chi connectivity index (χ2n) is 12.8. The fourth-order valence-electron chi connectivity index (χ4n) is 7.16. The molecule has 0 saturated heterocycles. The Bertz CT molecular complexity index is 2750. The van der Waals surface area contributed by atoms with E-state index in [9.17, 15) is 0 Å². The van der Waals surface area contributed by atoms with Crippen LogP contribution < -0.4 is 4.90 Å². The average molecular weight is 667 g/mol. The van der Waals surface area contributed by atoms with Crippen LogP contribution in [0.3, 0.4) is 0 Å². The van der Waals surface area contributed by atoms with Crippen LogP contribution in [0.5, 0.6) is 0 Å². The fraction of sp³-hybridized carbons (Fsp3) is 0. The molecule has 0 bridgehead atoms. The maximum absolute atomic E-state index is 5.26. The summed E-state index contributed by atoms with van der Waals surface area (Å²) in [6, 6.07) is 62.7. The van der Waals surface area contributed by atoms with Gasteiger partial charge in [0.15, 0.2) is 17.5 Å². The van der Waals surface area contributed by atoms with Gasteiger partial charge in [0, 0.05) is 33.5 Å². The van der Waals surface area contributed by atoms with Crippen molar-refractivity contribution < 1.29 is 0 Å². The van der Waals surface area contributed by atoms with E-state index in [1.807, 2.05) is 42.5 Å². The maximum Gasteiger partial charge on any atom is 0.220 e. The van der Waals surface area contributed by atoms with E-state index in [0.29, 0.717) is 17.5 Å². The highest BCUT2D eigenvalue weighted by Gasteiger charge is 2.29. The lowest BCUT2D eigenvalue weighted by Crippen LogP contribution is -2.14. The monoisotopic (exact) mass is 666 g/mol. The van der Waals surface area contributed by atoms with Gasteiger partial charge in [0.25, 0.3) is 0 Å². The molecule has 6 heteroatoms. The molecule has 0 atom stereocenters. The summed E-state index contributed by atoms with van der Waals surface area (Å²) < 4.78 is 2.27. The van der Waals surface area contributed by atoms with E-state index in [1.165, 1.54) is 0 Å². The van der Waals surface area contributed by atoms with Crippen molar-refractivity contribution >= 4 is 28.4 Å². The van der Waals surface area contributed by atoms with Crippen LogP contribution in [-0.4, -0.2) is 24.5 Å². The Balaban J connectivity index is 1.17. The highest BCUT2D eigenvalue weighted by Crippen LogP contribution is 2.47. The summed E-state index contributed by atoms with van der Waals surface area (Å²) in [7, 11) is 0. The number of hydrogen-bond donors (Lipinski definition) is 0. The molecule has 52 heavy (non-hydrogen) atoms. The molecule has 0 amide bonds. The lowest BCUT2D eigenvalue weighted by molar-refractivity contribution is 1.05. The zero-order chi connectivity index (χ0) is 34.4. The van der Waals surface area contributed by atoms with Gasteiger partial charge in [-0.3, -0.25) is 9.47 Å². The topological polar surface area (TPSA) is 59.7 Å². The van der Waals surface area contributed by atoms with Crippen LogP contribution in [0, 0.1) is 0 Å². The van der Waals surface area contributed by atoms with Crippen molar-refractivity contribution in [3.05, 3.63) is 182 Å². The first-order valence-electron chi connectivity index (χ1n) is 17.3. The minimum absolute atomic E-state index is 0.593. The molecule has 0 fully saturated rings. The first kappa shape index (κ1) is 29.7. The fourth-order valence-corrected chi connectivity index (χ4v) is 7.16. The van der Waals surface area contributed by atoms with Crippen molar-refractivity contribution in [2.45, 2.75) is 0 Å². The number of fused-ring (bicyclic) bond motifs is 7. The molecule has 0 unspecified atom stereocenters. The quantitative estimate of drug-likeness (QED) is 0.183. The van der Waals surface area contributed by atoms with E-state index in [1.54, 1.807) is 0 Å². The van der Waals surface area contributed by atoms with Crippen molar-refractivity contribution in [2.75, 3.05) is 4.90 Å². The van der Waals surface area contributed by atoms with Crippen LogP contribution in [0.1, 0.15) is 0 Å². The number of hydrogen-bond acceptors (Lipinski definition) is 5. The van der Waals surface area contributed by atoms with E-state index < -0.39 is 0 Å². The molecule has 1 aliphatic rings. The van der Waals surface area contributed by atoms with Crippen LogP contribution >= 0.6 is 0 Å². The summed E-state index contributed by atoms with van der Waals surface area (Å²) in [4.78, 5) is 22.7. The van der Waals surface area contributed by atoms with Gasteiger partial charge in [0.05, 0.1) is 22.4 Å². The summed E-state index contributed by atoms with van der Waals surface area (Å²) in [5.74, 6) is 2.64. The SMILES string of the molecule is c1ccc(-c2cccc(-c3nc(-c4ccccc4)nc(-c4cccc(N5c6ccccc6-c6ccccc6-n6c5nc5ccccc56)c4)n3)c2)cc1. The minimum atomic E-state index is 0.593. The molecule has 10 rings (SSSR count). The number of aromatic nitrogens is 5. The van der Waals surface area contributed by atoms with Gasteiger partial charge in [-0.1, -0.05) is 140 Å². The minimum Gasteiger partial charge on any atom is -0.280 e. The molecular weight excluding hydrogens is 637 g/mol. The lowest BCUT2D eigenvalue weighted by Gasteiger charge is -2.25. The molecule has 0 aliphatic carbocycles. The first-order valence-corrected chi connectivity index (χ1v) is 17.3. The van der Waals surface area contributed by atoms with E-state index in [-0.39, 0.29) is 0 Å². The molecule has 6 nitrogen and oxygen atoms in total. The highest BCUT2D eigenvalue weighted by atomic mass is 15.3. The van der Waals surface area contributed by atoms with Crippen LogP contribution in [0.15, 0.2) is 182 Å². The third-order valence-electron chi connectivity index (χ3n) is 9.58. The van der Waals surface area contributed by atoms with Crippen molar-refractivity contribution in [2.24, 2.45) is 0 Å². The van der Waals surface area contributed by atoms with Gasteiger partial charge in [0.1, 0.15) is 0 Å². The highest BCUT2D eigenvalue weighted by molar-refractivity contribution is 5.96. The summed E-state index contributed by atoms with van der Waals surface area (Å²) in [6.45, 7) is 0. The molecule has 0 radical (unpaired) electrons. The molecule has 1 aliphatic heterocycles. The number of para-hydroxylation sites is 4. The second-order valence-corrected chi connectivity index (χ2v) is 12.8. The van der Waals surface area contributed by atoms with Gasteiger partial charge >= 0.3 is 0 Å². The normalized spacial score (nSPS) is 11.8. The number of imidazole rings is 1. The van der Waals surface area contributed by atoms with Crippen molar-refractivity contribution in [3.63, 3.8) is 0 Å². The lowest BCUT2D eigenvalue weighted by atomic mass is 10.0. The Morgan fingerprint density at radius 2 is 0.865 bits per heavy atom. The van der Waals surface area contributed by atoms with Crippen molar-refractivity contribution in [3.8, 4) is 62.1 Å². The Labute approximate surface area is 301 Å². The molecular formula is C46H30N6. The maximum atomic E-state index is 5.26. The van der Waals surface area contributed by atoms with Crippen LogP contribution in [0.4, 0.5) is 17.3 Å². The molecule has 9 aromatic rings. The van der Waals surface area contributed by atoms with Crippen LogP contribution in [-0.2, 0) is 0 Å². The van der Waals surface area contributed by atoms with Gasteiger partial charge in [-0.15, -0.1) is 0 Å². The number of nitrogens with zero attached hydrogens (tertiary/aromatic N) is 6. The molecule has 0 N–H and O–H groups in total. The van der Waals surface area contributed by atoms with Gasteiger partial charge in [-0.2, -0.15) is 0 Å². The van der Waals surface area contributed by atoms with Gasteiger partial charge in [-0.25, -0.2) is 19.9 Å². The third kappa shape index (κ3) is 5.05. The number of anilines is 3. The van der Waals surface area contributed by atoms with Gasteiger partial charge in [0.2, 0.25) is 5.95 Å². The molecule has 2 aromatic heterocycles. The van der Waals surface area contributed by atoms with Crippen LogP contribution in [0.25, 0.3) is 73.1 Å². The largest absolute Gasteiger partial charge is 0.280 e. The predicted molar refractivity (Wildman–Crippen MR) is 210 cm³/mol. The molecule has 244 valence electrons. The van der Waals surface area contributed by atoms with Crippen molar-refractivity contribution in [1.82, 2.24) is 24.5 Å². The number of benzene rings is 7.